The molecule has 3 N–H and O–H groups in total. The fourth-order valence-corrected chi connectivity index (χ4v) is 3.45. The lowest BCUT2D eigenvalue weighted by Crippen LogP contribution is -2.36. The summed E-state index contributed by atoms with van der Waals surface area (Å²) in [4.78, 5) is 13.1. The van der Waals surface area contributed by atoms with E-state index in [0.29, 0.717) is 11.1 Å². The lowest BCUT2D eigenvalue weighted by atomic mass is 9.65. The van der Waals surface area contributed by atoms with E-state index in [9.17, 15) is 20.1 Å². The molecule has 0 fully saturated rings. The van der Waals surface area contributed by atoms with E-state index in [0.717, 1.165) is 16.7 Å². The fraction of sp³-hybridized carbons (Fsp3) is 0.286. The number of carbonyl (C=O) groups is 1. The normalized spacial score (nSPS) is 19.7. The molecule has 1 aliphatic carbocycles. The third-order valence-electron chi connectivity index (χ3n) is 5.14. The molecule has 0 bridgehead atoms. The van der Waals surface area contributed by atoms with Crippen LogP contribution in [0.3, 0.4) is 0 Å². The number of phenolic OH excluding ortho intramolecular Hbond substituents is 3. The van der Waals surface area contributed by atoms with Crippen LogP contribution in [0.1, 0.15) is 43.0 Å². The molecular weight excluding hydrogens is 316 g/mol. The second-order valence-corrected chi connectivity index (χ2v) is 7.13. The predicted molar refractivity (Wildman–Crippen MR) is 96.9 cm³/mol. The molecule has 2 aromatic carbocycles. The zero-order chi connectivity index (χ0) is 18.5. The van der Waals surface area contributed by atoms with Crippen molar-refractivity contribution in [2.24, 2.45) is 5.92 Å². The first-order valence-corrected chi connectivity index (χ1v) is 8.29. The van der Waals surface area contributed by atoms with Gasteiger partial charge in [-0.05, 0) is 77.9 Å². The van der Waals surface area contributed by atoms with Gasteiger partial charge in [-0.25, -0.2) is 0 Å². The minimum absolute atomic E-state index is 0.114. The minimum atomic E-state index is -1.05. The van der Waals surface area contributed by atoms with Gasteiger partial charge in [-0.1, -0.05) is 19.9 Å². The molecule has 0 amide bonds. The molecule has 130 valence electrons. The van der Waals surface area contributed by atoms with E-state index in [4.69, 9.17) is 0 Å². The maximum Gasteiger partial charge on any atom is 0.170 e. The Morgan fingerprint density at radius 3 is 2.24 bits per heavy atom. The summed E-state index contributed by atoms with van der Waals surface area (Å²) in [6.45, 7) is 7.66. The van der Waals surface area contributed by atoms with Gasteiger partial charge in [0.25, 0.3) is 0 Å². The molecule has 0 radical (unpaired) electrons. The van der Waals surface area contributed by atoms with E-state index in [1.807, 2.05) is 26.8 Å². The standard InChI is InChI=1S/C21H22O4/c1-11(2)14-9-20(25)21(4,13-5-6-17(22)19(24)8-13)16-10-18(23)12(3)7-15(14)16/h5-11,22-24H,1-4H3/t21-/m0/s1. The number of rotatable bonds is 2. The molecule has 2 aromatic rings. The highest BCUT2D eigenvalue weighted by Gasteiger charge is 2.42. The van der Waals surface area contributed by atoms with Crippen molar-refractivity contribution < 1.29 is 20.1 Å². The summed E-state index contributed by atoms with van der Waals surface area (Å²) in [5, 5.41) is 29.7. The molecule has 0 spiro atoms. The van der Waals surface area contributed by atoms with Gasteiger partial charge in [0.2, 0.25) is 0 Å². The first-order valence-electron chi connectivity index (χ1n) is 8.29. The third kappa shape index (κ3) is 2.49. The minimum Gasteiger partial charge on any atom is -0.508 e. The van der Waals surface area contributed by atoms with Gasteiger partial charge in [-0.2, -0.15) is 0 Å². The fourth-order valence-electron chi connectivity index (χ4n) is 3.45. The van der Waals surface area contributed by atoms with E-state index in [2.05, 4.69) is 0 Å². The van der Waals surface area contributed by atoms with Gasteiger partial charge in [0.1, 0.15) is 5.75 Å². The number of benzene rings is 2. The van der Waals surface area contributed by atoms with E-state index in [1.54, 1.807) is 25.1 Å². The smallest absolute Gasteiger partial charge is 0.170 e. The summed E-state index contributed by atoms with van der Waals surface area (Å²) in [5.74, 6) is -0.337. The Bertz CT molecular complexity index is 908. The molecule has 0 saturated carbocycles. The lowest BCUT2D eigenvalue weighted by molar-refractivity contribution is -0.118. The van der Waals surface area contributed by atoms with E-state index < -0.39 is 5.41 Å². The summed E-state index contributed by atoms with van der Waals surface area (Å²) in [6.07, 6.45) is 1.66. The van der Waals surface area contributed by atoms with Gasteiger partial charge in [-0.15, -0.1) is 0 Å². The van der Waals surface area contributed by atoms with Crippen LogP contribution in [0.25, 0.3) is 5.57 Å². The van der Waals surface area contributed by atoms with Crippen LogP contribution in [0.15, 0.2) is 36.4 Å². The SMILES string of the molecule is Cc1cc2c(cc1O)[C@](C)(c1ccc(O)c(O)c1)C(=O)C=C2C(C)C. The Morgan fingerprint density at radius 1 is 0.960 bits per heavy atom. The monoisotopic (exact) mass is 338 g/mol. The van der Waals surface area contributed by atoms with Crippen LogP contribution in [0.4, 0.5) is 0 Å². The highest BCUT2D eigenvalue weighted by atomic mass is 16.3. The molecule has 0 aromatic heterocycles. The molecule has 1 aliphatic rings. The Kier molecular flexibility index (Phi) is 3.87. The number of allylic oxidation sites excluding steroid dienone is 2. The number of phenols is 3. The van der Waals surface area contributed by atoms with Gasteiger partial charge in [-0.3, -0.25) is 4.79 Å². The zero-order valence-corrected chi connectivity index (χ0v) is 14.8. The number of hydrogen-bond acceptors (Lipinski definition) is 4. The molecule has 4 nitrogen and oxygen atoms in total. The van der Waals surface area contributed by atoms with Crippen molar-refractivity contribution in [3.05, 3.63) is 58.7 Å². The first-order chi connectivity index (χ1) is 11.7. The zero-order valence-electron chi connectivity index (χ0n) is 14.8. The number of aryl methyl sites for hydroxylation is 1. The number of ketones is 1. The van der Waals surface area contributed by atoms with Gasteiger partial charge in [0, 0.05) is 0 Å². The van der Waals surface area contributed by atoms with Crippen molar-refractivity contribution >= 4 is 11.4 Å². The lowest BCUT2D eigenvalue weighted by Gasteiger charge is -2.36. The molecule has 25 heavy (non-hydrogen) atoms. The molecule has 0 heterocycles. The second kappa shape index (κ2) is 5.66. The van der Waals surface area contributed by atoms with Gasteiger partial charge in [0.05, 0.1) is 5.41 Å². The van der Waals surface area contributed by atoms with Crippen molar-refractivity contribution in [1.82, 2.24) is 0 Å². The van der Waals surface area contributed by atoms with Crippen LogP contribution >= 0.6 is 0 Å². The highest BCUT2D eigenvalue weighted by molar-refractivity contribution is 6.10. The average Bonchev–Trinajstić information content (AvgIpc) is 2.55. The maximum absolute atomic E-state index is 13.1. The number of hydrogen-bond donors (Lipinski definition) is 3. The van der Waals surface area contributed by atoms with Crippen LogP contribution in [0.2, 0.25) is 0 Å². The first kappa shape index (κ1) is 17.1. The predicted octanol–water partition coefficient (Wildman–Crippen LogP) is 4.04. The summed E-state index contributed by atoms with van der Waals surface area (Å²) in [5.41, 5.74) is 2.83. The largest absolute Gasteiger partial charge is 0.508 e. The maximum atomic E-state index is 13.1. The topological polar surface area (TPSA) is 77.8 Å². The molecule has 1 atom stereocenters. The van der Waals surface area contributed by atoms with Crippen molar-refractivity contribution in [2.75, 3.05) is 0 Å². The van der Waals surface area contributed by atoms with Crippen molar-refractivity contribution in [1.29, 1.82) is 0 Å². The van der Waals surface area contributed by atoms with Crippen LogP contribution < -0.4 is 0 Å². The second-order valence-electron chi connectivity index (χ2n) is 7.13. The summed E-state index contributed by atoms with van der Waals surface area (Å²) < 4.78 is 0. The molecule has 0 aliphatic heterocycles. The van der Waals surface area contributed by atoms with E-state index >= 15 is 0 Å². The number of aromatic hydroxyl groups is 3. The van der Waals surface area contributed by atoms with Gasteiger partial charge >= 0.3 is 0 Å². The molecule has 3 rings (SSSR count). The molecule has 0 saturated heterocycles. The Labute approximate surface area is 147 Å². The van der Waals surface area contributed by atoms with E-state index in [1.165, 1.54) is 12.1 Å². The number of carbonyl (C=O) groups excluding carboxylic acids is 1. The third-order valence-corrected chi connectivity index (χ3v) is 5.14. The van der Waals surface area contributed by atoms with E-state index in [-0.39, 0.29) is 28.9 Å². The molecular formula is C21H22O4. The Balaban J connectivity index is 2.34. The summed E-state index contributed by atoms with van der Waals surface area (Å²) in [7, 11) is 0. The molecule has 0 unspecified atom stereocenters. The number of fused-ring (bicyclic) bond motifs is 1. The Morgan fingerprint density at radius 2 is 1.64 bits per heavy atom. The van der Waals surface area contributed by atoms with Crippen LogP contribution in [-0.2, 0) is 10.2 Å². The van der Waals surface area contributed by atoms with Crippen LogP contribution in [-0.4, -0.2) is 21.1 Å². The van der Waals surface area contributed by atoms with Gasteiger partial charge < -0.3 is 15.3 Å². The van der Waals surface area contributed by atoms with Crippen molar-refractivity contribution in [3.63, 3.8) is 0 Å². The molecule has 4 heteroatoms. The van der Waals surface area contributed by atoms with Crippen molar-refractivity contribution in [2.45, 2.75) is 33.1 Å². The Hall–Kier alpha value is -2.75. The highest BCUT2D eigenvalue weighted by Crippen LogP contribution is 2.46. The summed E-state index contributed by atoms with van der Waals surface area (Å²) >= 11 is 0. The van der Waals surface area contributed by atoms with Crippen LogP contribution in [0.5, 0.6) is 17.2 Å². The van der Waals surface area contributed by atoms with Crippen LogP contribution in [0, 0.1) is 12.8 Å². The van der Waals surface area contributed by atoms with Crippen molar-refractivity contribution in [3.8, 4) is 17.2 Å². The summed E-state index contributed by atoms with van der Waals surface area (Å²) in [6, 6.07) is 7.95. The quantitative estimate of drug-likeness (QED) is 0.722. The average molecular weight is 338 g/mol. The van der Waals surface area contributed by atoms with Gasteiger partial charge in [0.15, 0.2) is 17.3 Å².